The van der Waals surface area contributed by atoms with Crippen LogP contribution < -0.4 is 11.5 Å². The number of nitrogens with zero attached hydrogens (tertiary/aromatic N) is 4. The lowest BCUT2D eigenvalue weighted by molar-refractivity contribution is -0.139. The molecule has 0 saturated carbocycles. The highest BCUT2D eigenvalue weighted by Crippen LogP contribution is 2.42. The van der Waals surface area contributed by atoms with E-state index in [-0.39, 0.29) is 57.1 Å². The molecule has 9 nitrogen and oxygen atoms in total. The summed E-state index contributed by atoms with van der Waals surface area (Å²) in [4.78, 5) is 18.2. The van der Waals surface area contributed by atoms with Crippen LogP contribution in [0.25, 0.3) is 10.4 Å². The molecule has 0 radical (unpaired) electrons. The van der Waals surface area contributed by atoms with Crippen LogP contribution in [0.5, 0.6) is 0 Å². The fraction of sp³-hybridized carbons (Fsp3) is 0.148. The van der Waals surface area contributed by atoms with Crippen molar-refractivity contribution in [3.05, 3.63) is 87.3 Å². The molecule has 0 spiro atoms. The summed E-state index contributed by atoms with van der Waals surface area (Å²) in [5.74, 6) is -1.41. The zero-order valence-electron chi connectivity index (χ0n) is 20.1. The highest BCUT2D eigenvalue weighted by atomic mass is 32.2. The number of nitriles is 3. The van der Waals surface area contributed by atoms with Crippen LogP contribution in [-0.2, 0) is 14.3 Å². The number of thioether (sulfide) groups is 1. The van der Waals surface area contributed by atoms with Gasteiger partial charge in [0.1, 0.15) is 45.9 Å². The maximum Gasteiger partial charge on any atom is 0.338 e. The van der Waals surface area contributed by atoms with Gasteiger partial charge in [0.25, 0.3) is 0 Å². The van der Waals surface area contributed by atoms with Crippen molar-refractivity contribution in [2.24, 2.45) is 5.73 Å². The predicted octanol–water partition coefficient (Wildman–Crippen LogP) is 4.55. The molecule has 2 aromatic heterocycles. The molecule has 0 fully saturated rings. The number of pyridine rings is 1. The van der Waals surface area contributed by atoms with E-state index in [0.717, 1.165) is 11.8 Å². The second-order valence-electron chi connectivity index (χ2n) is 7.81. The number of allylic oxidation sites excluding steroid dienone is 1. The van der Waals surface area contributed by atoms with Crippen molar-refractivity contribution in [3.63, 3.8) is 0 Å². The smallest absolute Gasteiger partial charge is 0.338 e. The van der Waals surface area contributed by atoms with Crippen LogP contribution in [0.3, 0.4) is 0 Å². The molecule has 1 aliphatic heterocycles. The first-order valence-corrected chi connectivity index (χ1v) is 13.1. The van der Waals surface area contributed by atoms with Gasteiger partial charge in [-0.1, -0.05) is 48.2 Å². The Labute approximate surface area is 227 Å². The molecule has 4 N–H and O–H groups in total. The number of carbonyl (C=O) groups is 1. The lowest BCUT2D eigenvalue weighted by Crippen LogP contribution is -2.27. The normalized spacial score (nSPS) is 14.7. The molecule has 0 bridgehead atoms. The van der Waals surface area contributed by atoms with Crippen LogP contribution in [0, 0.1) is 34.0 Å². The van der Waals surface area contributed by atoms with Gasteiger partial charge in [-0.3, -0.25) is 0 Å². The minimum absolute atomic E-state index is 0.0186. The molecule has 3 aromatic rings. The molecule has 11 heteroatoms. The third kappa shape index (κ3) is 4.91. The van der Waals surface area contributed by atoms with Crippen molar-refractivity contribution in [2.45, 2.75) is 17.9 Å². The third-order valence-corrected chi connectivity index (χ3v) is 7.51. The van der Waals surface area contributed by atoms with Crippen molar-refractivity contribution < 1.29 is 14.3 Å². The molecular formula is C27H20N6O3S2. The van der Waals surface area contributed by atoms with E-state index in [1.165, 1.54) is 11.3 Å². The van der Waals surface area contributed by atoms with Gasteiger partial charge in [0.15, 0.2) is 0 Å². The van der Waals surface area contributed by atoms with Crippen LogP contribution in [0.15, 0.2) is 75.7 Å². The maximum absolute atomic E-state index is 13.2. The zero-order valence-corrected chi connectivity index (χ0v) is 21.7. The first-order valence-electron chi connectivity index (χ1n) is 11.3. The van der Waals surface area contributed by atoms with E-state index in [4.69, 9.17) is 20.9 Å². The summed E-state index contributed by atoms with van der Waals surface area (Å²) in [5, 5.41) is 31.7. The quantitative estimate of drug-likeness (QED) is 0.320. The molecule has 0 amide bonds. The minimum atomic E-state index is -0.805. The number of thiophene rings is 1. The van der Waals surface area contributed by atoms with E-state index >= 15 is 0 Å². The van der Waals surface area contributed by atoms with Gasteiger partial charge in [-0.2, -0.15) is 15.8 Å². The molecule has 1 atom stereocenters. The van der Waals surface area contributed by atoms with Crippen LogP contribution in [0.4, 0.5) is 5.82 Å². The van der Waals surface area contributed by atoms with Gasteiger partial charge < -0.3 is 20.9 Å². The predicted molar refractivity (Wildman–Crippen MR) is 143 cm³/mol. The first-order chi connectivity index (χ1) is 18.4. The number of carbonyl (C=O) groups excluding carboxylic acids is 1. The van der Waals surface area contributed by atoms with Crippen LogP contribution in [-0.4, -0.2) is 23.3 Å². The highest BCUT2D eigenvalue weighted by Gasteiger charge is 2.37. The number of benzene rings is 1. The number of ether oxygens (including phenoxy) is 2. The SMILES string of the molecule is CCOC(=O)C1=C(CSc2nc(N)c(C#N)c(-c3cccs3)c2C#N)OC(N)=C(C#N)[C@H]1c1ccccc1. The molecule has 188 valence electrons. The van der Waals surface area contributed by atoms with E-state index in [1.54, 1.807) is 37.3 Å². The number of hydrogen-bond donors (Lipinski definition) is 2. The number of hydrogen-bond acceptors (Lipinski definition) is 11. The van der Waals surface area contributed by atoms with Gasteiger partial charge in [0.2, 0.25) is 5.88 Å². The van der Waals surface area contributed by atoms with Crippen molar-refractivity contribution >= 4 is 34.9 Å². The lowest BCUT2D eigenvalue weighted by Gasteiger charge is -2.28. The number of aromatic nitrogens is 1. The number of nitrogens with two attached hydrogens (primary N) is 2. The van der Waals surface area contributed by atoms with Gasteiger partial charge in [0, 0.05) is 10.4 Å². The Balaban J connectivity index is 1.83. The summed E-state index contributed by atoms with van der Waals surface area (Å²) in [6, 6.07) is 18.8. The number of anilines is 1. The number of esters is 1. The second kappa shape index (κ2) is 11.5. The Morgan fingerprint density at radius 1 is 1.11 bits per heavy atom. The monoisotopic (exact) mass is 540 g/mol. The molecule has 1 aliphatic rings. The van der Waals surface area contributed by atoms with Gasteiger partial charge in [-0.05, 0) is 23.9 Å². The first kappa shape index (κ1) is 26.3. The Morgan fingerprint density at radius 2 is 1.84 bits per heavy atom. The van der Waals surface area contributed by atoms with Gasteiger partial charge in [-0.25, -0.2) is 9.78 Å². The molecule has 3 heterocycles. The van der Waals surface area contributed by atoms with Crippen molar-refractivity contribution in [3.8, 4) is 28.6 Å². The van der Waals surface area contributed by atoms with Crippen molar-refractivity contribution in [1.82, 2.24) is 4.98 Å². The molecule has 1 aromatic carbocycles. The zero-order chi connectivity index (χ0) is 27.2. The fourth-order valence-electron chi connectivity index (χ4n) is 4.04. The third-order valence-electron chi connectivity index (χ3n) is 5.65. The highest BCUT2D eigenvalue weighted by molar-refractivity contribution is 7.99. The molecule has 0 saturated heterocycles. The summed E-state index contributed by atoms with van der Waals surface area (Å²) in [6.45, 7) is 1.79. The van der Waals surface area contributed by atoms with E-state index in [2.05, 4.69) is 17.1 Å². The van der Waals surface area contributed by atoms with E-state index in [1.807, 2.05) is 23.6 Å². The summed E-state index contributed by atoms with van der Waals surface area (Å²) in [5.41, 5.74) is 13.8. The Hall–Kier alpha value is -4.76. The fourth-order valence-corrected chi connectivity index (χ4v) is 5.76. The van der Waals surface area contributed by atoms with Gasteiger partial charge in [0.05, 0.1) is 29.4 Å². The lowest BCUT2D eigenvalue weighted by atomic mass is 9.83. The Morgan fingerprint density at radius 3 is 2.45 bits per heavy atom. The number of nitrogen functional groups attached to an aromatic ring is 1. The van der Waals surface area contributed by atoms with Crippen LogP contribution >= 0.6 is 23.1 Å². The molecule has 38 heavy (non-hydrogen) atoms. The summed E-state index contributed by atoms with van der Waals surface area (Å²) >= 11 is 2.47. The second-order valence-corrected chi connectivity index (χ2v) is 9.72. The Kier molecular flexibility index (Phi) is 7.98. The van der Waals surface area contributed by atoms with Crippen LogP contribution in [0.1, 0.15) is 29.5 Å². The van der Waals surface area contributed by atoms with E-state index in [0.29, 0.717) is 16.0 Å². The van der Waals surface area contributed by atoms with Crippen LogP contribution in [0.2, 0.25) is 0 Å². The van der Waals surface area contributed by atoms with E-state index in [9.17, 15) is 20.6 Å². The van der Waals surface area contributed by atoms with Crippen molar-refractivity contribution in [2.75, 3.05) is 18.1 Å². The number of rotatable bonds is 7. The molecule has 0 unspecified atom stereocenters. The average Bonchev–Trinajstić information content (AvgIpc) is 3.46. The molecular weight excluding hydrogens is 520 g/mol. The summed E-state index contributed by atoms with van der Waals surface area (Å²) in [7, 11) is 0. The van der Waals surface area contributed by atoms with E-state index < -0.39 is 11.9 Å². The molecule has 4 rings (SSSR count). The van der Waals surface area contributed by atoms with Gasteiger partial charge in [-0.15, -0.1) is 11.3 Å². The van der Waals surface area contributed by atoms with Gasteiger partial charge >= 0.3 is 5.97 Å². The van der Waals surface area contributed by atoms with Crippen molar-refractivity contribution in [1.29, 1.82) is 15.8 Å². The maximum atomic E-state index is 13.2. The standard InChI is InChI=1S/C27H20N6O3S2/c1-2-35-27(34)23-19(36-25(32)17(12-29)21(23)15-7-4-3-5-8-15)14-38-26-18(13-30)22(20-9-6-10-37-20)16(11-28)24(31)33-26/h3-10,21H,2,14,32H2,1H3,(H2,31,33)/t21-/m1/s1. The summed E-state index contributed by atoms with van der Waals surface area (Å²) < 4.78 is 11.1. The average molecular weight is 541 g/mol. The minimum Gasteiger partial charge on any atom is -0.463 e. The Bertz CT molecular complexity index is 1580. The summed E-state index contributed by atoms with van der Waals surface area (Å²) in [6.07, 6.45) is 0. The largest absolute Gasteiger partial charge is 0.463 e. The topological polar surface area (TPSA) is 172 Å². The molecule has 0 aliphatic carbocycles.